The predicted octanol–water partition coefficient (Wildman–Crippen LogP) is 3.98. The third kappa shape index (κ3) is 6.00. The fourth-order valence-electron chi connectivity index (χ4n) is 2.10. The van der Waals surface area contributed by atoms with Crippen LogP contribution in [0.2, 0.25) is 5.02 Å². The second-order valence-corrected chi connectivity index (χ2v) is 5.76. The van der Waals surface area contributed by atoms with Crippen LogP contribution in [0.3, 0.4) is 0 Å². The fraction of sp³-hybridized carbons (Fsp3) is 0.222. The monoisotopic (exact) mass is 383 g/mol. The van der Waals surface area contributed by atoms with Crippen molar-refractivity contribution in [2.45, 2.75) is 19.6 Å². The molecule has 0 spiro atoms. The standard InChI is InChI=1S/C18H16ClF2NO4/c1-11(12-2-6-14(19)7-3-12)22-16(23)10-25-17(24)13-4-8-15(9-5-13)26-18(20)21/h2-9,11,18H,10H2,1H3,(H,22,23)/t11-/m1/s1. The minimum Gasteiger partial charge on any atom is -0.452 e. The van der Waals surface area contributed by atoms with Gasteiger partial charge in [-0.3, -0.25) is 4.79 Å². The highest BCUT2D eigenvalue weighted by Crippen LogP contribution is 2.17. The highest BCUT2D eigenvalue weighted by Gasteiger charge is 2.14. The van der Waals surface area contributed by atoms with Crippen molar-refractivity contribution in [3.8, 4) is 5.75 Å². The molecule has 0 aromatic heterocycles. The zero-order valence-corrected chi connectivity index (χ0v) is 14.5. The summed E-state index contributed by atoms with van der Waals surface area (Å²) in [6.45, 7) is -1.63. The molecule has 0 fully saturated rings. The summed E-state index contributed by atoms with van der Waals surface area (Å²) in [5, 5.41) is 3.28. The molecular formula is C18H16ClF2NO4. The summed E-state index contributed by atoms with van der Waals surface area (Å²) in [6, 6.07) is 11.7. The van der Waals surface area contributed by atoms with Gasteiger partial charge in [0.25, 0.3) is 5.91 Å². The van der Waals surface area contributed by atoms with E-state index in [-0.39, 0.29) is 17.4 Å². The molecule has 0 aliphatic heterocycles. The highest BCUT2D eigenvalue weighted by atomic mass is 35.5. The zero-order chi connectivity index (χ0) is 19.1. The number of esters is 1. The van der Waals surface area contributed by atoms with Gasteiger partial charge in [0, 0.05) is 5.02 Å². The Labute approximate surface area is 153 Å². The lowest BCUT2D eigenvalue weighted by Gasteiger charge is -2.14. The van der Waals surface area contributed by atoms with Gasteiger partial charge >= 0.3 is 12.6 Å². The van der Waals surface area contributed by atoms with Crippen LogP contribution in [0.25, 0.3) is 0 Å². The highest BCUT2D eigenvalue weighted by molar-refractivity contribution is 6.30. The molecule has 0 aliphatic carbocycles. The van der Waals surface area contributed by atoms with Gasteiger partial charge in [0.15, 0.2) is 6.61 Å². The summed E-state index contributed by atoms with van der Waals surface area (Å²) in [5.74, 6) is -1.30. The van der Waals surface area contributed by atoms with Crippen LogP contribution in [-0.4, -0.2) is 25.1 Å². The van der Waals surface area contributed by atoms with Crippen LogP contribution >= 0.6 is 11.6 Å². The second kappa shape index (κ2) is 9.15. The molecule has 8 heteroatoms. The van der Waals surface area contributed by atoms with Gasteiger partial charge in [0.2, 0.25) is 0 Å². The molecule has 26 heavy (non-hydrogen) atoms. The SMILES string of the molecule is C[C@@H](NC(=O)COC(=O)c1ccc(OC(F)F)cc1)c1ccc(Cl)cc1. The fourth-order valence-corrected chi connectivity index (χ4v) is 2.23. The van der Waals surface area contributed by atoms with Crippen molar-refractivity contribution in [2.24, 2.45) is 0 Å². The number of halogens is 3. The summed E-state index contributed by atoms with van der Waals surface area (Å²) in [5.41, 5.74) is 0.967. The number of ether oxygens (including phenoxy) is 2. The molecule has 5 nitrogen and oxygen atoms in total. The Morgan fingerprint density at radius 3 is 2.27 bits per heavy atom. The third-order valence-electron chi connectivity index (χ3n) is 3.40. The minimum atomic E-state index is -2.95. The van der Waals surface area contributed by atoms with Crippen LogP contribution in [0.4, 0.5) is 8.78 Å². The van der Waals surface area contributed by atoms with E-state index in [1.54, 1.807) is 31.2 Å². The van der Waals surface area contributed by atoms with Crippen LogP contribution in [0.1, 0.15) is 28.9 Å². The van der Waals surface area contributed by atoms with Gasteiger partial charge in [0.1, 0.15) is 5.75 Å². The number of benzene rings is 2. The molecule has 0 unspecified atom stereocenters. The first-order valence-corrected chi connectivity index (χ1v) is 8.00. The van der Waals surface area contributed by atoms with Crippen LogP contribution in [-0.2, 0) is 9.53 Å². The van der Waals surface area contributed by atoms with E-state index in [2.05, 4.69) is 10.1 Å². The van der Waals surface area contributed by atoms with Crippen molar-refractivity contribution in [3.63, 3.8) is 0 Å². The smallest absolute Gasteiger partial charge is 0.387 e. The second-order valence-electron chi connectivity index (χ2n) is 5.32. The first-order chi connectivity index (χ1) is 12.3. The van der Waals surface area contributed by atoms with E-state index in [9.17, 15) is 18.4 Å². The number of hydrogen-bond donors (Lipinski definition) is 1. The first kappa shape index (κ1) is 19.7. The summed E-state index contributed by atoms with van der Waals surface area (Å²) in [7, 11) is 0. The molecule has 0 saturated carbocycles. The molecule has 2 aromatic rings. The van der Waals surface area contributed by atoms with Gasteiger partial charge < -0.3 is 14.8 Å². The Hall–Kier alpha value is -2.67. The summed E-state index contributed by atoms with van der Waals surface area (Å²) < 4.78 is 33.2. The molecular weight excluding hydrogens is 368 g/mol. The van der Waals surface area contributed by atoms with Gasteiger partial charge in [-0.1, -0.05) is 23.7 Å². The molecule has 0 saturated heterocycles. The van der Waals surface area contributed by atoms with Gasteiger partial charge in [-0.05, 0) is 48.9 Å². The molecule has 1 amide bonds. The van der Waals surface area contributed by atoms with Crippen molar-refractivity contribution < 1.29 is 27.8 Å². The Bertz CT molecular complexity index is 751. The normalized spacial score (nSPS) is 11.7. The van der Waals surface area contributed by atoms with E-state index >= 15 is 0 Å². The Morgan fingerprint density at radius 1 is 1.08 bits per heavy atom. The zero-order valence-electron chi connectivity index (χ0n) is 13.7. The number of carbonyl (C=O) groups is 2. The Kier molecular flexibility index (Phi) is 6.91. The predicted molar refractivity (Wildman–Crippen MR) is 91.4 cm³/mol. The van der Waals surface area contributed by atoms with Crippen LogP contribution in [0.5, 0.6) is 5.75 Å². The van der Waals surface area contributed by atoms with E-state index in [0.717, 1.165) is 5.56 Å². The van der Waals surface area contributed by atoms with Crippen molar-refractivity contribution in [1.82, 2.24) is 5.32 Å². The van der Waals surface area contributed by atoms with Gasteiger partial charge in [-0.25, -0.2) is 4.79 Å². The molecule has 0 bridgehead atoms. The van der Waals surface area contributed by atoms with Crippen molar-refractivity contribution >= 4 is 23.5 Å². The number of hydrogen-bond acceptors (Lipinski definition) is 4. The van der Waals surface area contributed by atoms with E-state index in [4.69, 9.17) is 16.3 Å². The Morgan fingerprint density at radius 2 is 1.69 bits per heavy atom. The molecule has 2 aromatic carbocycles. The maximum absolute atomic E-state index is 12.1. The summed E-state index contributed by atoms with van der Waals surface area (Å²) in [6.07, 6.45) is 0. The molecule has 0 heterocycles. The molecule has 2 rings (SSSR count). The lowest BCUT2D eigenvalue weighted by Crippen LogP contribution is -2.31. The van der Waals surface area contributed by atoms with E-state index in [0.29, 0.717) is 5.02 Å². The summed E-state index contributed by atoms with van der Waals surface area (Å²) >= 11 is 5.81. The van der Waals surface area contributed by atoms with E-state index in [1.165, 1.54) is 24.3 Å². The van der Waals surface area contributed by atoms with Gasteiger partial charge in [-0.15, -0.1) is 0 Å². The number of amides is 1. The van der Waals surface area contributed by atoms with Gasteiger partial charge in [0.05, 0.1) is 11.6 Å². The van der Waals surface area contributed by atoms with Crippen LogP contribution in [0, 0.1) is 0 Å². The van der Waals surface area contributed by atoms with Crippen molar-refractivity contribution in [2.75, 3.05) is 6.61 Å². The minimum absolute atomic E-state index is 0.0777. The molecule has 1 N–H and O–H groups in total. The first-order valence-electron chi connectivity index (χ1n) is 7.62. The van der Waals surface area contributed by atoms with Crippen molar-refractivity contribution in [1.29, 1.82) is 0 Å². The summed E-state index contributed by atoms with van der Waals surface area (Å²) in [4.78, 5) is 23.8. The van der Waals surface area contributed by atoms with E-state index in [1.807, 2.05) is 0 Å². The molecule has 0 radical (unpaired) electrons. The van der Waals surface area contributed by atoms with Crippen LogP contribution < -0.4 is 10.1 Å². The average molecular weight is 384 g/mol. The molecule has 0 aliphatic rings. The molecule has 1 atom stereocenters. The number of carbonyl (C=O) groups excluding carboxylic acids is 2. The topological polar surface area (TPSA) is 64.6 Å². The maximum Gasteiger partial charge on any atom is 0.387 e. The van der Waals surface area contributed by atoms with Crippen molar-refractivity contribution in [3.05, 3.63) is 64.7 Å². The van der Waals surface area contributed by atoms with Crippen LogP contribution in [0.15, 0.2) is 48.5 Å². The Balaban J connectivity index is 1.82. The number of alkyl halides is 2. The quantitative estimate of drug-likeness (QED) is 0.735. The molecule has 138 valence electrons. The lowest BCUT2D eigenvalue weighted by atomic mass is 10.1. The number of rotatable bonds is 7. The van der Waals surface area contributed by atoms with Gasteiger partial charge in [-0.2, -0.15) is 8.78 Å². The number of nitrogens with one attached hydrogen (secondary N) is 1. The van der Waals surface area contributed by atoms with E-state index < -0.39 is 25.1 Å². The largest absolute Gasteiger partial charge is 0.452 e. The average Bonchev–Trinajstić information content (AvgIpc) is 2.60. The lowest BCUT2D eigenvalue weighted by molar-refractivity contribution is -0.124. The third-order valence-corrected chi connectivity index (χ3v) is 3.65. The maximum atomic E-state index is 12.1.